The summed E-state index contributed by atoms with van der Waals surface area (Å²) in [6, 6.07) is 1.37. The van der Waals surface area contributed by atoms with Gasteiger partial charge in [-0.05, 0) is 0 Å². The standard InChI is InChI=1S/C5H6F2N2O/c1-9-3-2-4(8-9)10-5(6)7/h2-3,5H,1H3. The number of nitrogens with zero attached hydrogens (tertiary/aromatic N) is 2. The zero-order valence-electron chi connectivity index (χ0n) is 5.29. The number of aromatic nitrogens is 2. The lowest BCUT2D eigenvalue weighted by molar-refractivity contribution is -0.0531. The molecule has 1 rings (SSSR count). The van der Waals surface area contributed by atoms with E-state index in [-0.39, 0.29) is 5.88 Å². The van der Waals surface area contributed by atoms with E-state index in [4.69, 9.17) is 0 Å². The Morgan fingerprint density at radius 3 is 2.80 bits per heavy atom. The summed E-state index contributed by atoms with van der Waals surface area (Å²) in [6.45, 7) is -2.80. The number of ether oxygens (including phenoxy) is 1. The van der Waals surface area contributed by atoms with Crippen LogP contribution in [0.15, 0.2) is 12.3 Å². The molecule has 0 aliphatic heterocycles. The van der Waals surface area contributed by atoms with Gasteiger partial charge in [0.2, 0.25) is 5.88 Å². The molecule has 0 spiro atoms. The molecule has 1 aromatic heterocycles. The van der Waals surface area contributed by atoms with E-state index in [9.17, 15) is 8.78 Å². The minimum atomic E-state index is -2.80. The fraction of sp³-hybridized carbons (Fsp3) is 0.400. The van der Waals surface area contributed by atoms with Crippen LogP contribution in [0.5, 0.6) is 5.88 Å². The van der Waals surface area contributed by atoms with Crippen LogP contribution in [-0.2, 0) is 7.05 Å². The van der Waals surface area contributed by atoms with E-state index in [0.717, 1.165) is 0 Å². The van der Waals surface area contributed by atoms with Crippen LogP contribution in [0.1, 0.15) is 0 Å². The van der Waals surface area contributed by atoms with Crippen molar-refractivity contribution in [1.29, 1.82) is 0 Å². The first-order chi connectivity index (χ1) is 4.68. The lowest BCUT2D eigenvalue weighted by Crippen LogP contribution is -2.02. The summed E-state index contributed by atoms with van der Waals surface area (Å²) in [5.74, 6) is -0.0579. The van der Waals surface area contributed by atoms with Gasteiger partial charge in [-0.25, -0.2) is 0 Å². The summed E-state index contributed by atoms with van der Waals surface area (Å²) >= 11 is 0. The quantitative estimate of drug-likeness (QED) is 0.626. The molecule has 0 saturated carbocycles. The Kier molecular flexibility index (Phi) is 1.84. The molecule has 0 radical (unpaired) electrons. The van der Waals surface area contributed by atoms with E-state index in [2.05, 4.69) is 9.84 Å². The predicted octanol–water partition coefficient (Wildman–Crippen LogP) is 1.02. The minimum Gasteiger partial charge on any atom is -0.415 e. The molecule has 0 aliphatic carbocycles. The molecular weight excluding hydrogens is 142 g/mol. The average Bonchev–Trinajstić information content (AvgIpc) is 2.13. The molecule has 0 amide bonds. The van der Waals surface area contributed by atoms with Gasteiger partial charge in [0.25, 0.3) is 0 Å². The van der Waals surface area contributed by atoms with Gasteiger partial charge in [0.1, 0.15) is 0 Å². The third-order valence-electron chi connectivity index (χ3n) is 0.899. The van der Waals surface area contributed by atoms with E-state index in [0.29, 0.717) is 0 Å². The number of rotatable bonds is 2. The smallest absolute Gasteiger partial charge is 0.388 e. The van der Waals surface area contributed by atoms with Crippen molar-refractivity contribution in [3.8, 4) is 5.88 Å². The molecule has 0 N–H and O–H groups in total. The van der Waals surface area contributed by atoms with Crippen LogP contribution >= 0.6 is 0 Å². The molecule has 0 aliphatic rings. The highest BCUT2D eigenvalue weighted by Crippen LogP contribution is 2.07. The van der Waals surface area contributed by atoms with E-state index >= 15 is 0 Å². The zero-order valence-corrected chi connectivity index (χ0v) is 5.29. The van der Waals surface area contributed by atoms with Gasteiger partial charge >= 0.3 is 6.61 Å². The first-order valence-corrected chi connectivity index (χ1v) is 2.63. The van der Waals surface area contributed by atoms with Crippen LogP contribution in [0.2, 0.25) is 0 Å². The van der Waals surface area contributed by atoms with Gasteiger partial charge in [-0.3, -0.25) is 4.68 Å². The summed E-state index contributed by atoms with van der Waals surface area (Å²) in [5, 5.41) is 3.57. The van der Waals surface area contributed by atoms with Crippen molar-refractivity contribution < 1.29 is 13.5 Å². The summed E-state index contributed by atoms with van der Waals surface area (Å²) in [5.41, 5.74) is 0. The third-order valence-corrected chi connectivity index (χ3v) is 0.899. The number of alkyl halides is 2. The minimum absolute atomic E-state index is 0.0579. The highest BCUT2D eigenvalue weighted by molar-refractivity contribution is 5.04. The van der Waals surface area contributed by atoms with Gasteiger partial charge < -0.3 is 4.74 Å². The number of hydrogen-bond donors (Lipinski definition) is 0. The van der Waals surface area contributed by atoms with Crippen molar-refractivity contribution in [2.24, 2.45) is 7.05 Å². The predicted molar refractivity (Wildman–Crippen MR) is 29.8 cm³/mol. The maximum Gasteiger partial charge on any atom is 0.388 e. The molecule has 5 heteroatoms. The van der Waals surface area contributed by atoms with E-state index in [1.54, 1.807) is 7.05 Å². The molecule has 1 aromatic rings. The molecule has 56 valence electrons. The van der Waals surface area contributed by atoms with Crippen LogP contribution in [0.25, 0.3) is 0 Å². The largest absolute Gasteiger partial charge is 0.415 e. The fourth-order valence-corrected chi connectivity index (χ4v) is 0.548. The summed E-state index contributed by atoms with van der Waals surface area (Å²) in [4.78, 5) is 0. The van der Waals surface area contributed by atoms with Crippen molar-refractivity contribution in [3.63, 3.8) is 0 Å². The van der Waals surface area contributed by atoms with Gasteiger partial charge in [0, 0.05) is 19.3 Å². The van der Waals surface area contributed by atoms with Crippen LogP contribution in [0.3, 0.4) is 0 Å². The number of aryl methyl sites for hydroxylation is 1. The molecule has 0 fully saturated rings. The Morgan fingerprint density at radius 2 is 2.40 bits per heavy atom. The average molecular weight is 148 g/mol. The van der Waals surface area contributed by atoms with Gasteiger partial charge in [0.05, 0.1) is 0 Å². The topological polar surface area (TPSA) is 27.1 Å². The number of hydrogen-bond acceptors (Lipinski definition) is 2. The fourth-order valence-electron chi connectivity index (χ4n) is 0.548. The highest BCUT2D eigenvalue weighted by atomic mass is 19.3. The molecule has 1 heterocycles. The van der Waals surface area contributed by atoms with Crippen molar-refractivity contribution in [2.75, 3.05) is 0 Å². The Bertz CT molecular complexity index is 211. The monoisotopic (exact) mass is 148 g/mol. The SMILES string of the molecule is Cn1ccc(OC(F)F)n1. The second-order valence-corrected chi connectivity index (χ2v) is 1.71. The van der Waals surface area contributed by atoms with Crippen molar-refractivity contribution in [3.05, 3.63) is 12.3 Å². The molecule has 0 atom stereocenters. The summed E-state index contributed by atoms with van der Waals surface area (Å²) in [7, 11) is 1.62. The molecular formula is C5H6F2N2O. The van der Waals surface area contributed by atoms with Crippen molar-refractivity contribution in [1.82, 2.24) is 9.78 Å². The Labute approximate surface area is 56.2 Å². The third kappa shape index (κ3) is 1.68. The molecule has 0 aromatic carbocycles. The van der Waals surface area contributed by atoms with Crippen LogP contribution in [0, 0.1) is 0 Å². The molecule has 10 heavy (non-hydrogen) atoms. The lowest BCUT2D eigenvalue weighted by Gasteiger charge is -1.96. The zero-order chi connectivity index (χ0) is 7.56. The molecule has 0 unspecified atom stereocenters. The summed E-state index contributed by atoms with van der Waals surface area (Å²) in [6.07, 6.45) is 1.53. The molecule has 0 saturated heterocycles. The van der Waals surface area contributed by atoms with E-state index < -0.39 is 6.61 Å². The van der Waals surface area contributed by atoms with E-state index in [1.165, 1.54) is 16.9 Å². The lowest BCUT2D eigenvalue weighted by atomic mass is 10.7. The highest BCUT2D eigenvalue weighted by Gasteiger charge is 2.04. The van der Waals surface area contributed by atoms with Gasteiger partial charge in [-0.15, -0.1) is 5.10 Å². The first kappa shape index (κ1) is 6.98. The van der Waals surface area contributed by atoms with Crippen LogP contribution < -0.4 is 4.74 Å². The van der Waals surface area contributed by atoms with Crippen LogP contribution in [-0.4, -0.2) is 16.4 Å². The number of halogens is 2. The Morgan fingerprint density at radius 1 is 1.70 bits per heavy atom. The van der Waals surface area contributed by atoms with Gasteiger partial charge in [0.15, 0.2) is 0 Å². The Hall–Kier alpha value is -1.13. The van der Waals surface area contributed by atoms with Crippen molar-refractivity contribution >= 4 is 0 Å². The first-order valence-electron chi connectivity index (χ1n) is 2.63. The molecule has 3 nitrogen and oxygen atoms in total. The van der Waals surface area contributed by atoms with Crippen LogP contribution in [0.4, 0.5) is 8.78 Å². The maximum absolute atomic E-state index is 11.5. The second kappa shape index (κ2) is 2.64. The van der Waals surface area contributed by atoms with Gasteiger partial charge in [-0.2, -0.15) is 8.78 Å². The van der Waals surface area contributed by atoms with E-state index in [1.807, 2.05) is 0 Å². The van der Waals surface area contributed by atoms with Gasteiger partial charge in [-0.1, -0.05) is 0 Å². The Balaban J connectivity index is 2.58. The normalized spacial score (nSPS) is 10.4. The summed E-state index contributed by atoms with van der Waals surface area (Å²) < 4.78 is 28.3. The second-order valence-electron chi connectivity index (χ2n) is 1.71. The maximum atomic E-state index is 11.5. The molecule has 0 bridgehead atoms. The van der Waals surface area contributed by atoms with Crippen molar-refractivity contribution in [2.45, 2.75) is 6.61 Å².